The molecule has 1 unspecified atom stereocenters. The van der Waals surface area contributed by atoms with Crippen LogP contribution in [0.5, 0.6) is 0 Å². The van der Waals surface area contributed by atoms with Crippen molar-refractivity contribution in [3.05, 3.63) is 58.9 Å². The molecule has 9 nitrogen and oxygen atoms in total. The minimum Gasteiger partial charge on any atom is -0.379 e. The van der Waals surface area contributed by atoms with Crippen molar-refractivity contribution in [1.82, 2.24) is 14.7 Å². The van der Waals surface area contributed by atoms with Gasteiger partial charge in [-0.25, -0.2) is 9.07 Å². The summed E-state index contributed by atoms with van der Waals surface area (Å²) in [5.74, 6) is -2.19. The number of carbonyl (C=O) groups is 1. The van der Waals surface area contributed by atoms with Crippen molar-refractivity contribution in [2.45, 2.75) is 45.7 Å². The fourth-order valence-corrected chi connectivity index (χ4v) is 5.61. The van der Waals surface area contributed by atoms with Gasteiger partial charge < -0.3 is 30.6 Å². The molecule has 2 aliphatic heterocycles. The SMILES string of the molecule is Cc1cc(F)c(NC(=O)c2cnn(C(C)(C)C)c2F)cc1-c1cc(C=N)c(NC2CCN(C)C2)c(N2CCOCC2)c1. The summed E-state index contributed by atoms with van der Waals surface area (Å²) >= 11 is 0. The maximum atomic E-state index is 15.2. The second-order valence-corrected chi connectivity index (χ2v) is 12.1. The number of carbonyl (C=O) groups excluding carboxylic acids is 1. The van der Waals surface area contributed by atoms with E-state index in [0.29, 0.717) is 37.4 Å². The lowest BCUT2D eigenvalue weighted by Crippen LogP contribution is -2.37. The number of hydrogen-bond donors (Lipinski definition) is 3. The highest BCUT2D eigenvalue weighted by atomic mass is 19.1. The van der Waals surface area contributed by atoms with Gasteiger partial charge in [-0.15, -0.1) is 0 Å². The molecule has 0 bridgehead atoms. The number of nitrogens with one attached hydrogen (secondary N) is 3. The third-order valence-corrected chi connectivity index (χ3v) is 7.86. The summed E-state index contributed by atoms with van der Waals surface area (Å²) in [7, 11) is 2.10. The summed E-state index contributed by atoms with van der Waals surface area (Å²) in [4.78, 5) is 17.6. The first-order chi connectivity index (χ1) is 20.0. The quantitative estimate of drug-likeness (QED) is 0.337. The highest BCUT2D eigenvalue weighted by Gasteiger charge is 2.27. The van der Waals surface area contributed by atoms with E-state index in [4.69, 9.17) is 10.1 Å². The minimum atomic E-state index is -0.785. The van der Waals surface area contributed by atoms with Crippen molar-refractivity contribution < 1.29 is 18.3 Å². The Morgan fingerprint density at radius 2 is 1.88 bits per heavy atom. The van der Waals surface area contributed by atoms with Crippen LogP contribution in [0.15, 0.2) is 30.5 Å². The van der Waals surface area contributed by atoms with E-state index in [0.717, 1.165) is 52.9 Å². The fourth-order valence-electron chi connectivity index (χ4n) is 5.61. The van der Waals surface area contributed by atoms with E-state index < -0.39 is 23.2 Å². The van der Waals surface area contributed by atoms with Crippen molar-refractivity contribution in [1.29, 1.82) is 5.41 Å². The molecule has 3 heterocycles. The molecule has 0 saturated carbocycles. The number of nitrogens with zero attached hydrogens (tertiary/aromatic N) is 4. The fraction of sp³-hybridized carbons (Fsp3) is 0.452. The number of aromatic nitrogens is 2. The maximum Gasteiger partial charge on any atom is 0.262 e. The van der Waals surface area contributed by atoms with Gasteiger partial charge in [-0.05, 0) is 88.7 Å². The molecule has 42 heavy (non-hydrogen) atoms. The monoisotopic (exact) mass is 579 g/mol. The smallest absolute Gasteiger partial charge is 0.262 e. The lowest BCUT2D eigenvalue weighted by Gasteiger charge is -2.33. The molecule has 224 valence electrons. The molecular formula is C31H39F2N7O2. The van der Waals surface area contributed by atoms with Gasteiger partial charge >= 0.3 is 0 Å². The number of likely N-dealkylation sites (tertiary alicyclic amines) is 1. The zero-order chi connectivity index (χ0) is 30.2. The molecule has 2 fully saturated rings. The molecule has 0 spiro atoms. The first-order valence-corrected chi connectivity index (χ1v) is 14.3. The van der Waals surface area contributed by atoms with Crippen LogP contribution in [0.4, 0.5) is 25.8 Å². The Kier molecular flexibility index (Phi) is 8.34. The normalized spacial score (nSPS) is 17.9. The molecular weight excluding hydrogens is 540 g/mol. The Bertz CT molecular complexity index is 1490. The number of aryl methyl sites for hydroxylation is 1. The summed E-state index contributed by atoms with van der Waals surface area (Å²) in [6, 6.07) is 7.16. The van der Waals surface area contributed by atoms with Crippen molar-refractivity contribution in [2.75, 3.05) is 62.0 Å². The van der Waals surface area contributed by atoms with Crippen LogP contribution >= 0.6 is 0 Å². The van der Waals surface area contributed by atoms with Gasteiger partial charge in [-0.3, -0.25) is 4.79 Å². The highest BCUT2D eigenvalue weighted by Crippen LogP contribution is 2.38. The number of ether oxygens (including phenoxy) is 1. The average Bonchev–Trinajstić information content (AvgIpc) is 3.55. The zero-order valence-corrected chi connectivity index (χ0v) is 24.9. The molecule has 0 radical (unpaired) electrons. The van der Waals surface area contributed by atoms with E-state index in [2.05, 4.69) is 38.6 Å². The van der Waals surface area contributed by atoms with Crippen molar-refractivity contribution in [3.8, 4) is 11.1 Å². The topological polar surface area (TPSA) is 98.5 Å². The number of hydrogen-bond acceptors (Lipinski definition) is 7. The van der Waals surface area contributed by atoms with Gasteiger partial charge in [0.15, 0.2) is 0 Å². The Morgan fingerprint density at radius 3 is 2.50 bits per heavy atom. The van der Waals surface area contributed by atoms with Crippen LogP contribution in [-0.2, 0) is 10.3 Å². The van der Waals surface area contributed by atoms with Gasteiger partial charge in [0, 0.05) is 37.5 Å². The van der Waals surface area contributed by atoms with E-state index in [1.165, 1.54) is 12.3 Å². The first-order valence-electron chi connectivity index (χ1n) is 14.3. The first kappa shape index (κ1) is 29.7. The van der Waals surface area contributed by atoms with Gasteiger partial charge in [-0.1, -0.05) is 0 Å². The van der Waals surface area contributed by atoms with E-state index in [1.54, 1.807) is 33.8 Å². The lowest BCUT2D eigenvalue weighted by molar-refractivity contribution is 0.102. The standard InChI is InChI=1S/C31H39F2N7O2/c1-19-12-25(32)26(37-30(41)24-17-35-40(29(24)33)31(2,3)4)15-23(19)20-13-21(16-34)28(36-22-6-7-38(5)18-22)27(14-20)39-8-10-42-11-9-39/h12-17,22,34,36H,6-11,18H2,1-5H3,(H,37,41). The summed E-state index contributed by atoms with van der Waals surface area (Å²) in [5.41, 5.74) is 3.72. The second-order valence-electron chi connectivity index (χ2n) is 12.1. The number of likely N-dealkylation sites (N-methyl/N-ethyl adjacent to an activating group) is 1. The van der Waals surface area contributed by atoms with Crippen LogP contribution in [0.2, 0.25) is 0 Å². The third kappa shape index (κ3) is 6.03. The van der Waals surface area contributed by atoms with Crippen molar-refractivity contribution in [3.63, 3.8) is 0 Å². The van der Waals surface area contributed by atoms with Gasteiger partial charge in [0.25, 0.3) is 5.91 Å². The average molecular weight is 580 g/mol. The van der Waals surface area contributed by atoms with Crippen LogP contribution in [0.1, 0.15) is 48.7 Å². The predicted octanol–water partition coefficient (Wildman–Crippen LogP) is 5.09. The second kappa shape index (κ2) is 11.8. The van der Waals surface area contributed by atoms with Crippen LogP contribution < -0.4 is 15.5 Å². The van der Waals surface area contributed by atoms with Crippen molar-refractivity contribution in [2.24, 2.45) is 0 Å². The zero-order valence-electron chi connectivity index (χ0n) is 24.9. The highest BCUT2D eigenvalue weighted by molar-refractivity contribution is 6.04. The molecule has 3 N–H and O–H groups in total. The minimum absolute atomic E-state index is 0.0657. The molecule has 5 rings (SSSR count). The van der Waals surface area contributed by atoms with Crippen LogP contribution in [0, 0.1) is 24.1 Å². The summed E-state index contributed by atoms with van der Waals surface area (Å²) in [6.07, 6.45) is 3.50. The summed E-state index contributed by atoms with van der Waals surface area (Å²) < 4.78 is 36.9. The van der Waals surface area contributed by atoms with E-state index in [9.17, 15) is 4.79 Å². The number of benzene rings is 2. The van der Waals surface area contributed by atoms with E-state index in [1.807, 2.05) is 6.07 Å². The summed E-state index contributed by atoms with van der Waals surface area (Å²) in [6.45, 7) is 11.7. The van der Waals surface area contributed by atoms with Crippen molar-refractivity contribution >= 4 is 29.2 Å². The van der Waals surface area contributed by atoms with Gasteiger partial charge in [0.2, 0.25) is 5.95 Å². The molecule has 3 aromatic rings. The Morgan fingerprint density at radius 1 is 1.14 bits per heavy atom. The molecule has 11 heteroatoms. The molecule has 1 aromatic heterocycles. The largest absolute Gasteiger partial charge is 0.379 e. The number of amides is 1. The maximum absolute atomic E-state index is 15.2. The Labute approximate surface area is 245 Å². The molecule has 2 aromatic carbocycles. The van der Waals surface area contributed by atoms with E-state index >= 15 is 8.78 Å². The van der Waals surface area contributed by atoms with Gasteiger partial charge in [0.05, 0.1) is 42.0 Å². The molecule has 2 aliphatic rings. The number of rotatable bonds is 7. The molecule has 0 aliphatic carbocycles. The number of anilines is 3. The lowest BCUT2D eigenvalue weighted by atomic mass is 9.95. The molecule has 2 saturated heterocycles. The molecule has 1 amide bonds. The third-order valence-electron chi connectivity index (χ3n) is 7.86. The van der Waals surface area contributed by atoms with Crippen LogP contribution in [-0.4, -0.2) is 79.3 Å². The number of halogens is 2. The predicted molar refractivity (Wildman–Crippen MR) is 162 cm³/mol. The van der Waals surface area contributed by atoms with Crippen LogP contribution in [0.3, 0.4) is 0 Å². The van der Waals surface area contributed by atoms with E-state index in [-0.39, 0.29) is 17.3 Å². The Balaban J connectivity index is 1.53. The Hall–Kier alpha value is -3.83. The van der Waals surface area contributed by atoms with Gasteiger partial charge in [0.1, 0.15) is 11.4 Å². The number of morpholine rings is 1. The summed E-state index contributed by atoms with van der Waals surface area (Å²) in [5, 5.41) is 18.5. The van der Waals surface area contributed by atoms with Gasteiger partial charge in [-0.2, -0.15) is 9.49 Å². The van der Waals surface area contributed by atoms with Crippen LogP contribution in [0.25, 0.3) is 11.1 Å². The molecule has 1 atom stereocenters.